The molecule has 7 heteroatoms. The Morgan fingerprint density at radius 3 is 2.79 bits per heavy atom. The largest absolute Gasteiger partial charge is 0.365 e. The van der Waals surface area contributed by atoms with Crippen LogP contribution in [0.15, 0.2) is 67.0 Å². The van der Waals surface area contributed by atoms with Crippen LogP contribution in [-0.4, -0.2) is 19.6 Å². The Hall–Kier alpha value is -3.02. The Balaban J connectivity index is 1.46. The third-order valence-corrected chi connectivity index (χ3v) is 5.41. The predicted octanol–water partition coefficient (Wildman–Crippen LogP) is 5.80. The lowest BCUT2D eigenvalue weighted by atomic mass is 10.1. The topological polar surface area (TPSA) is 58.0 Å². The number of anilines is 1. The smallest absolute Gasteiger partial charge is 0.154 e. The number of halogens is 2. The molecule has 0 unspecified atom stereocenters. The number of hydrogen-bond donors (Lipinski definition) is 2. The van der Waals surface area contributed by atoms with E-state index in [9.17, 15) is 0 Å². The van der Waals surface area contributed by atoms with Crippen LogP contribution in [0.2, 0.25) is 10.0 Å². The van der Waals surface area contributed by atoms with E-state index in [4.69, 9.17) is 28.3 Å². The Kier molecular flexibility index (Phi) is 4.19. The van der Waals surface area contributed by atoms with Crippen molar-refractivity contribution in [3.63, 3.8) is 0 Å². The van der Waals surface area contributed by atoms with Crippen LogP contribution in [0, 0.1) is 0 Å². The van der Waals surface area contributed by atoms with Gasteiger partial charge in [-0.05, 0) is 48.0 Å². The van der Waals surface area contributed by atoms with Crippen molar-refractivity contribution in [1.29, 1.82) is 0 Å². The van der Waals surface area contributed by atoms with Crippen LogP contribution in [0.3, 0.4) is 0 Å². The summed E-state index contributed by atoms with van der Waals surface area (Å²) in [6.07, 6.45) is 3.78. The molecular formula is C21H15Cl2N5. The molecule has 0 bridgehead atoms. The molecule has 2 aromatic carbocycles. The molecule has 2 N–H and O–H groups in total. The van der Waals surface area contributed by atoms with Crippen LogP contribution in [0.4, 0.5) is 5.82 Å². The third kappa shape index (κ3) is 3.09. The number of imidazole rings is 1. The fourth-order valence-electron chi connectivity index (χ4n) is 3.22. The summed E-state index contributed by atoms with van der Waals surface area (Å²) in [7, 11) is 0. The second-order valence-electron chi connectivity index (χ2n) is 6.51. The molecule has 3 heterocycles. The van der Waals surface area contributed by atoms with Gasteiger partial charge in [0.05, 0.1) is 21.9 Å². The van der Waals surface area contributed by atoms with Gasteiger partial charge in [0.1, 0.15) is 5.82 Å². The molecule has 0 saturated carbocycles. The maximum absolute atomic E-state index is 6.09. The summed E-state index contributed by atoms with van der Waals surface area (Å²) in [6.45, 7) is 0.592. The standard InChI is InChI=1S/C21H15Cl2N5/c22-16-3-1-13(9-17(16)23)11-25-20-5-6-21-26-12-19(28(21)27-20)15-2-4-18-14(10-15)7-8-24-18/h1-10,12,24H,11H2,(H,25,27). The van der Waals surface area contributed by atoms with Crippen molar-refractivity contribution in [3.05, 3.63) is 82.6 Å². The van der Waals surface area contributed by atoms with E-state index in [-0.39, 0.29) is 0 Å². The molecule has 0 radical (unpaired) electrons. The fraction of sp³-hybridized carbons (Fsp3) is 0.0476. The molecule has 0 aliphatic carbocycles. The molecule has 0 aliphatic heterocycles. The van der Waals surface area contributed by atoms with Gasteiger partial charge in [-0.25, -0.2) is 9.50 Å². The average Bonchev–Trinajstić information content (AvgIpc) is 3.34. The zero-order valence-electron chi connectivity index (χ0n) is 14.7. The first-order valence-corrected chi connectivity index (χ1v) is 9.53. The number of aromatic amines is 1. The van der Waals surface area contributed by atoms with Crippen LogP contribution >= 0.6 is 23.2 Å². The summed E-state index contributed by atoms with van der Waals surface area (Å²) in [6, 6.07) is 17.8. The zero-order chi connectivity index (χ0) is 19.1. The summed E-state index contributed by atoms with van der Waals surface area (Å²) in [5.41, 5.74) is 4.93. The highest BCUT2D eigenvalue weighted by Crippen LogP contribution is 2.25. The van der Waals surface area contributed by atoms with Gasteiger partial charge in [0.25, 0.3) is 0 Å². The molecule has 5 rings (SSSR count). The maximum atomic E-state index is 6.09. The van der Waals surface area contributed by atoms with Gasteiger partial charge < -0.3 is 10.3 Å². The third-order valence-electron chi connectivity index (χ3n) is 4.67. The first-order valence-electron chi connectivity index (χ1n) is 8.77. The van der Waals surface area contributed by atoms with E-state index in [1.165, 1.54) is 0 Å². The highest BCUT2D eigenvalue weighted by Gasteiger charge is 2.09. The van der Waals surface area contributed by atoms with Crippen molar-refractivity contribution in [2.24, 2.45) is 0 Å². The molecule has 5 aromatic rings. The Morgan fingerprint density at radius 2 is 1.89 bits per heavy atom. The number of H-pyrrole nitrogens is 1. The summed E-state index contributed by atoms with van der Waals surface area (Å²) < 4.78 is 1.85. The van der Waals surface area contributed by atoms with Crippen LogP contribution < -0.4 is 5.32 Å². The second kappa shape index (κ2) is 6.86. The van der Waals surface area contributed by atoms with Gasteiger partial charge >= 0.3 is 0 Å². The van der Waals surface area contributed by atoms with Gasteiger partial charge in [-0.3, -0.25) is 0 Å². The molecule has 0 fully saturated rings. The fourth-order valence-corrected chi connectivity index (χ4v) is 3.54. The monoisotopic (exact) mass is 407 g/mol. The van der Waals surface area contributed by atoms with Crippen LogP contribution in [0.1, 0.15) is 5.56 Å². The number of nitrogens with one attached hydrogen (secondary N) is 2. The summed E-state index contributed by atoms with van der Waals surface area (Å²) in [5.74, 6) is 0.751. The molecule has 5 nitrogen and oxygen atoms in total. The molecule has 0 amide bonds. The second-order valence-corrected chi connectivity index (χ2v) is 7.33. The molecule has 3 aromatic heterocycles. The van der Waals surface area contributed by atoms with Gasteiger partial charge in [0.15, 0.2) is 5.65 Å². The molecule has 0 spiro atoms. The number of benzene rings is 2. The van der Waals surface area contributed by atoms with E-state index in [0.29, 0.717) is 16.6 Å². The number of aromatic nitrogens is 4. The molecule has 138 valence electrons. The quantitative estimate of drug-likeness (QED) is 0.395. The van der Waals surface area contributed by atoms with Crippen molar-refractivity contribution in [3.8, 4) is 11.3 Å². The number of rotatable bonds is 4. The number of nitrogens with zero attached hydrogens (tertiary/aromatic N) is 3. The highest BCUT2D eigenvalue weighted by atomic mass is 35.5. The van der Waals surface area contributed by atoms with E-state index >= 15 is 0 Å². The van der Waals surface area contributed by atoms with Crippen molar-refractivity contribution in [2.75, 3.05) is 5.32 Å². The summed E-state index contributed by atoms with van der Waals surface area (Å²) in [4.78, 5) is 7.69. The van der Waals surface area contributed by atoms with Crippen molar-refractivity contribution in [1.82, 2.24) is 19.6 Å². The minimum atomic E-state index is 0.543. The zero-order valence-corrected chi connectivity index (χ0v) is 16.2. The molecule has 28 heavy (non-hydrogen) atoms. The van der Waals surface area contributed by atoms with Gasteiger partial charge in [0.2, 0.25) is 0 Å². The maximum Gasteiger partial charge on any atom is 0.154 e. The molecule has 0 aliphatic rings. The van der Waals surface area contributed by atoms with Crippen molar-refractivity contribution in [2.45, 2.75) is 6.54 Å². The lowest BCUT2D eigenvalue weighted by molar-refractivity contribution is 0.931. The van der Waals surface area contributed by atoms with Gasteiger partial charge in [0, 0.05) is 29.2 Å². The van der Waals surface area contributed by atoms with E-state index in [0.717, 1.165) is 39.2 Å². The van der Waals surface area contributed by atoms with E-state index < -0.39 is 0 Å². The number of fused-ring (bicyclic) bond motifs is 2. The Bertz CT molecular complexity index is 1300. The van der Waals surface area contributed by atoms with Gasteiger partial charge in [-0.2, -0.15) is 0 Å². The van der Waals surface area contributed by atoms with Crippen molar-refractivity contribution >= 4 is 45.6 Å². The van der Waals surface area contributed by atoms with Crippen LogP contribution in [0.25, 0.3) is 27.8 Å². The number of hydrogen-bond acceptors (Lipinski definition) is 3. The minimum absolute atomic E-state index is 0.543. The minimum Gasteiger partial charge on any atom is -0.365 e. The van der Waals surface area contributed by atoms with Crippen LogP contribution in [-0.2, 0) is 6.54 Å². The summed E-state index contributed by atoms with van der Waals surface area (Å²) >= 11 is 12.1. The lowest BCUT2D eigenvalue weighted by Crippen LogP contribution is -2.04. The molecule has 0 saturated heterocycles. The average molecular weight is 408 g/mol. The predicted molar refractivity (Wildman–Crippen MR) is 114 cm³/mol. The normalized spacial score (nSPS) is 11.4. The van der Waals surface area contributed by atoms with E-state index in [1.54, 1.807) is 6.07 Å². The van der Waals surface area contributed by atoms with Gasteiger partial charge in [-0.15, -0.1) is 5.10 Å². The Labute approximate surface area is 170 Å². The summed E-state index contributed by atoms with van der Waals surface area (Å²) in [5, 5.41) is 10.3. The van der Waals surface area contributed by atoms with E-state index in [1.807, 2.05) is 41.2 Å². The van der Waals surface area contributed by atoms with Gasteiger partial charge in [-0.1, -0.05) is 35.3 Å². The Morgan fingerprint density at radius 1 is 0.964 bits per heavy atom. The van der Waals surface area contributed by atoms with Crippen LogP contribution in [0.5, 0.6) is 0 Å². The van der Waals surface area contributed by atoms with E-state index in [2.05, 4.69) is 39.6 Å². The lowest BCUT2D eigenvalue weighted by Gasteiger charge is -2.08. The SMILES string of the molecule is Clc1ccc(CNc2ccc3ncc(-c4ccc5[nH]ccc5c4)n3n2)cc1Cl. The first-order chi connectivity index (χ1) is 13.7. The van der Waals surface area contributed by atoms with Crippen molar-refractivity contribution < 1.29 is 0 Å². The first kappa shape index (κ1) is 17.1. The molecule has 0 atom stereocenters. The highest BCUT2D eigenvalue weighted by molar-refractivity contribution is 6.42. The molecular weight excluding hydrogens is 393 g/mol.